The highest BCUT2D eigenvalue weighted by Gasteiger charge is 2.35. The van der Waals surface area contributed by atoms with Gasteiger partial charge in [0, 0.05) is 84.0 Å². The van der Waals surface area contributed by atoms with E-state index in [1.807, 2.05) is 145 Å². The van der Waals surface area contributed by atoms with Crippen LogP contribution in [0.15, 0.2) is 212 Å². The highest BCUT2D eigenvalue weighted by Crippen LogP contribution is 2.38. The zero-order valence-electron chi connectivity index (χ0n) is 73.4. The maximum Gasteiger partial charge on any atom is 0.419 e. The van der Waals surface area contributed by atoms with E-state index in [0.717, 1.165) is 67.3 Å². The topological polar surface area (TPSA) is 158 Å². The molecule has 0 aliphatic carbocycles. The first-order valence-corrected chi connectivity index (χ1v) is 39.9. The molecule has 0 spiro atoms. The molecule has 0 unspecified atom stereocenters. The molecule has 0 bridgehead atoms. The molecule has 0 saturated heterocycles. The van der Waals surface area contributed by atoms with Crippen LogP contribution in [0.5, 0.6) is 34.5 Å². The van der Waals surface area contributed by atoms with Gasteiger partial charge in [-0.05, 0) is 224 Å². The number of alkyl halides is 3. The number of rotatable bonds is 24. The molecule has 124 heavy (non-hydrogen) atoms. The predicted octanol–water partition coefficient (Wildman–Crippen LogP) is 26.5. The molecule has 20 heteroatoms. The number of halogens is 8. The van der Waals surface area contributed by atoms with E-state index < -0.39 is 11.7 Å². The number of ether oxygens (including phenoxy) is 6. The molecule has 0 fully saturated rings. The standard InChI is InChI=1S/2C18H19FO2.C17H15F3O2.3C17H17FO2/c1-11-9-17(13(3)18(19)12(11)2)21-10-15-7-5-6-8-16(15)14(4)20;1-11-9-12(2)18(17(19)13(11)3)21-10-15-7-5-6-8-16(15)14(4)20;1-11-7-8-16(15(9-11)17(18,19)20)22-10-13-5-3-4-6-14(13)12(2)21;1-11-8-12(2)17(9-16(11)18)20-10-14-6-4-5-7-15(14)13(3)19;1-11-8-12(2)17(16(18)9-11)20-10-14-6-4-5-7-15(14)13(3)19;1-11-8-9-16(12(2)17(11)18)20-10-14-6-4-5-7-15(14)13(3)19/h2*5-9H,10H2,1-4H3;3-9H,10H2,1-2H3;3*4-9H,10H2,1-3H3. The van der Waals surface area contributed by atoms with Crippen LogP contribution < -0.4 is 28.4 Å². The van der Waals surface area contributed by atoms with Crippen molar-refractivity contribution in [3.8, 4) is 34.5 Å². The van der Waals surface area contributed by atoms with Gasteiger partial charge < -0.3 is 28.4 Å². The number of carbonyl (C=O) groups excluding carboxylic acids is 6. The number of ketones is 6. The minimum Gasteiger partial charge on any atom is -0.489 e. The molecular formula is C104H104F8O12. The zero-order chi connectivity index (χ0) is 91.6. The van der Waals surface area contributed by atoms with E-state index in [1.165, 1.54) is 59.7 Å². The lowest BCUT2D eigenvalue weighted by Crippen LogP contribution is -2.10. The number of Topliss-reactive ketones (excluding diaryl/α,β-unsaturated/α-hetero) is 6. The van der Waals surface area contributed by atoms with Crippen molar-refractivity contribution in [3.63, 3.8) is 0 Å². The molecule has 0 heterocycles. The Hall–Kier alpha value is -13.1. The summed E-state index contributed by atoms with van der Waals surface area (Å²) in [5.41, 5.74) is 16.2. The van der Waals surface area contributed by atoms with Crippen LogP contribution >= 0.6 is 0 Å². The van der Waals surface area contributed by atoms with Crippen LogP contribution in [0, 0.1) is 119 Å². The van der Waals surface area contributed by atoms with E-state index in [0.29, 0.717) is 95.1 Å². The summed E-state index contributed by atoms with van der Waals surface area (Å²) >= 11 is 0. The minimum atomic E-state index is -4.48. The summed E-state index contributed by atoms with van der Waals surface area (Å²) in [4.78, 5) is 69.3. The number of hydrogen-bond donors (Lipinski definition) is 0. The molecule has 0 N–H and O–H groups in total. The van der Waals surface area contributed by atoms with Crippen molar-refractivity contribution in [1.29, 1.82) is 0 Å². The molecule has 0 aliphatic heterocycles. The molecule has 12 aromatic carbocycles. The van der Waals surface area contributed by atoms with Gasteiger partial charge in [0.15, 0.2) is 57.8 Å². The van der Waals surface area contributed by atoms with Crippen molar-refractivity contribution in [2.24, 2.45) is 0 Å². The van der Waals surface area contributed by atoms with E-state index in [1.54, 1.807) is 133 Å². The van der Waals surface area contributed by atoms with Gasteiger partial charge in [0.1, 0.15) is 80.1 Å². The van der Waals surface area contributed by atoms with E-state index in [9.17, 15) is 63.9 Å². The second-order valence-electron chi connectivity index (χ2n) is 30.1. The van der Waals surface area contributed by atoms with Crippen LogP contribution in [-0.2, 0) is 45.8 Å². The van der Waals surface area contributed by atoms with E-state index in [4.69, 9.17) is 28.4 Å². The first-order chi connectivity index (χ1) is 58.6. The fourth-order valence-corrected chi connectivity index (χ4v) is 13.2. The summed E-state index contributed by atoms with van der Waals surface area (Å²) in [6.07, 6.45) is -4.48. The average molecular weight is 1700 g/mol. The van der Waals surface area contributed by atoms with Gasteiger partial charge in [-0.25, -0.2) is 22.0 Å². The third kappa shape index (κ3) is 27.5. The molecule has 0 saturated carbocycles. The highest BCUT2D eigenvalue weighted by atomic mass is 19.4. The normalized spacial score (nSPS) is 10.6. The SMILES string of the molecule is CC(=O)c1ccccc1COc1c(C)cc(C)c(C)c1F.CC(=O)c1ccccc1COc1c(C)cc(C)cc1F.CC(=O)c1ccccc1COc1cc(C)c(C)c(F)c1C.CC(=O)c1ccccc1COc1cc(F)c(C)cc1C.CC(=O)c1ccccc1COc1ccc(C)c(F)c1C.CC(=O)c1ccccc1COc1ccc(C)cc1C(F)(F)F. The lowest BCUT2D eigenvalue weighted by molar-refractivity contribution is -0.139. The summed E-state index contributed by atoms with van der Waals surface area (Å²) in [5, 5.41) is 0. The Bertz CT molecular complexity index is 5760. The van der Waals surface area contributed by atoms with Crippen molar-refractivity contribution in [1.82, 2.24) is 0 Å². The van der Waals surface area contributed by atoms with Gasteiger partial charge in [-0.2, -0.15) is 13.2 Å². The van der Waals surface area contributed by atoms with Gasteiger partial charge in [0.25, 0.3) is 0 Å². The quantitative estimate of drug-likeness (QED) is 0.0417. The molecule has 0 aliphatic rings. The first-order valence-electron chi connectivity index (χ1n) is 39.9. The maximum atomic E-state index is 14.3. The Kier molecular flexibility index (Phi) is 36.1. The number of carbonyl (C=O) groups is 6. The summed E-state index contributed by atoms with van der Waals surface area (Å²) in [7, 11) is 0. The number of benzene rings is 12. The summed E-state index contributed by atoms with van der Waals surface area (Å²) in [6.45, 7) is 33.0. The molecule has 0 aromatic heterocycles. The molecule has 12 rings (SSSR count). The van der Waals surface area contributed by atoms with Crippen molar-refractivity contribution >= 4 is 34.7 Å². The number of aryl methyl sites for hydroxylation is 9. The lowest BCUT2D eigenvalue weighted by Gasteiger charge is -2.15. The molecule has 0 atom stereocenters. The summed E-state index contributed by atoms with van der Waals surface area (Å²) in [5.74, 6) is 0.127. The van der Waals surface area contributed by atoms with Crippen LogP contribution in [0.25, 0.3) is 0 Å². The number of hydrogen-bond acceptors (Lipinski definition) is 12. The monoisotopic (exact) mass is 1700 g/mol. The van der Waals surface area contributed by atoms with Crippen LogP contribution in [0.3, 0.4) is 0 Å². The molecular weight excluding hydrogens is 1590 g/mol. The lowest BCUT2D eigenvalue weighted by atomic mass is 10.0. The Balaban J connectivity index is 0.000000204. The third-order valence-electron chi connectivity index (χ3n) is 20.3. The van der Waals surface area contributed by atoms with Crippen molar-refractivity contribution in [2.75, 3.05) is 0 Å². The molecule has 0 radical (unpaired) electrons. The molecule has 12 nitrogen and oxygen atoms in total. The summed E-state index contributed by atoms with van der Waals surface area (Å²) in [6, 6.07) is 60.6. The van der Waals surface area contributed by atoms with E-state index >= 15 is 0 Å². The fourth-order valence-electron chi connectivity index (χ4n) is 13.2. The van der Waals surface area contributed by atoms with Gasteiger partial charge in [-0.1, -0.05) is 175 Å². The smallest absolute Gasteiger partial charge is 0.419 e. The Labute approximate surface area is 721 Å². The Morgan fingerprint density at radius 1 is 0.250 bits per heavy atom. The van der Waals surface area contributed by atoms with Crippen molar-refractivity contribution in [3.05, 3.63) is 386 Å². The maximum absolute atomic E-state index is 14.3. The first kappa shape index (κ1) is 98.0. The van der Waals surface area contributed by atoms with Crippen LogP contribution in [0.4, 0.5) is 35.1 Å². The Morgan fingerprint density at radius 3 is 0.968 bits per heavy atom. The third-order valence-corrected chi connectivity index (χ3v) is 20.3. The minimum absolute atomic E-state index is 0.00260. The van der Waals surface area contributed by atoms with E-state index in [-0.39, 0.29) is 121 Å². The van der Waals surface area contributed by atoms with Crippen LogP contribution in [-0.4, -0.2) is 34.7 Å². The van der Waals surface area contributed by atoms with Gasteiger partial charge in [-0.3, -0.25) is 28.8 Å². The second-order valence-corrected chi connectivity index (χ2v) is 30.1. The van der Waals surface area contributed by atoms with Gasteiger partial charge in [0.05, 0.1) is 5.56 Å². The second kappa shape index (κ2) is 45.7. The van der Waals surface area contributed by atoms with Crippen molar-refractivity contribution in [2.45, 2.75) is 177 Å². The Morgan fingerprint density at radius 2 is 0.573 bits per heavy atom. The predicted molar refractivity (Wildman–Crippen MR) is 470 cm³/mol. The molecule has 12 aromatic rings. The van der Waals surface area contributed by atoms with Crippen LogP contribution in [0.1, 0.15) is 215 Å². The highest BCUT2D eigenvalue weighted by molar-refractivity contribution is 5.98. The summed E-state index contributed by atoms with van der Waals surface area (Å²) < 4.78 is 142. The molecule has 648 valence electrons. The largest absolute Gasteiger partial charge is 0.489 e. The van der Waals surface area contributed by atoms with Crippen LogP contribution in [0.2, 0.25) is 0 Å². The average Bonchev–Trinajstić information content (AvgIpc) is 0.816. The van der Waals surface area contributed by atoms with Gasteiger partial charge in [-0.15, -0.1) is 0 Å². The van der Waals surface area contributed by atoms with Gasteiger partial charge in [0.2, 0.25) is 0 Å². The van der Waals surface area contributed by atoms with Crippen molar-refractivity contribution < 1.29 is 92.3 Å². The molecule has 0 amide bonds. The fraction of sp³-hybridized carbons (Fsp3) is 0.250. The zero-order valence-corrected chi connectivity index (χ0v) is 73.4. The van der Waals surface area contributed by atoms with E-state index in [2.05, 4.69) is 0 Å². The van der Waals surface area contributed by atoms with Gasteiger partial charge >= 0.3 is 6.18 Å².